The molecule has 4 atom stereocenters. The molecule has 9 nitrogen and oxygen atoms in total. The average Bonchev–Trinajstić information content (AvgIpc) is 3.44. The first kappa shape index (κ1) is 33.9. The molecule has 12 heteroatoms. The molecular formula is C27H50FN4O5PS. The minimum atomic E-state index is -3.87. The van der Waals surface area contributed by atoms with Gasteiger partial charge in [0.05, 0.1) is 24.9 Å². The van der Waals surface area contributed by atoms with Crippen molar-refractivity contribution < 1.29 is 27.7 Å². The number of fused-ring (bicyclic) bond motifs is 1. The van der Waals surface area contributed by atoms with Crippen molar-refractivity contribution in [3.63, 3.8) is 0 Å². The van der Waals surface area contributed by atoms with Crippen LogP contribution in [0.2, 0.25) is 0 Å². The van der Waals surface area contributed by atoms with Crippen molar-refractivity contribution in [2.75, 3.05) is 31.6 Å². The van der Waals surface area contributed by atoms with Crippen LogP contribution in [-0.2, 0) is 18.7 Å². The molecule has 0 saturated carbocycles. The number of hydrogen-bond acceptors (Lipinski definition) is 6. The van der Waals surface area contributed by atoms with Crippen molar-refractivity contribution in [3.05, 3.63) is 0 Å². The summed E-state index contributed by atoms with van der Waals surface area (Å²) in [6, 6.07) is 0.427. The van der Waals surface area contributed by atoms with Crippen molar-refractivity contribution in [2.24, 2.45) is 0 Å². The molecule has 39 heavy (non-hydrogen) atoms. The SMILES string of the molecule is CCO[P@@](=O)(F)CCCCCCCCCC(=O)NCCCCCNC(=O)CCCC[C@@H]1SC[C@H]2NC(=O)N[C@H]12. The summed E-state index contributed by atoms with van der Waals surface area (Å²) in [7, 11) is -3.87. The Morgan fingerprint density at radius 1 is 0.897 bits per heavy atom. The van der Waals surface area contributed by atoms with Gasteiger partial charge in [-0.05, 0) is 51.9 Å². The molecule has 0 unspecified atom stereocenters. The summed E-state index contributed by atoms with van der Waals surface area (Å²) in [6.07, 6.45) is 13.2. The fourth-order valence-corrected chi connectivity index (χ4v) is 7.72. The fraction of sp³-hybridized carbons (Fsp3) is 0.889. The summed E-state index contributed by atoms with van der Waals surface area (Å²) in [5.41, 5.74) is 0. The van der Waals surface area contributed by atoms with E-state index in [4.69, 9.17) is 0 Å². The first-order valence-electron chi connectivity index (χ1n) is 15.0. The van der Waals surface area contributed by atoms with Crippen LogP contribution in [-0.4, -0.2) is 66.8 Å². The molecule has 0 bridgehead atoms. The molecule has 0 spiro atoms. The lowest BCUT2D eigenvalue weighted by Gasteiger charge is -2.16. The maximum absolute atomic E-state index is 13.4. The van der Waals surface area contributed by atoms with Crippen LogP contribution in [0.5, 0.6) is 0 Å². The average molecular weight is 593 g/mol. The Hall–Kier alpha value is -1.32. The Kier molecular flexibility index (Phi) is 17.1. The number of nitrogens with one attached hydrogen (secondary N) is 4. The van der Waals surface area contributed by atoms with E-state index in [2.05, 4.69) is 25.8 Å². The van der Waals surface area contributed by atoms with Gasteiger partial charge in [-0.3, -0.25) is 14.2 Å². The van der Waals surface area contributed by atoms with Gasteiger partial charge in [0.1, 0.15) is 0 Å². The molecule has 0 aromatic rings. The highest BCUT2D eigenvalue weighted by atomic mass is 32.2. The lowest BCUT2D eigenvalue weighted by Crippen LogP contribution is -2.36. The summed E-state index contributed by atoms with van der Waals surface area (Å²) in [6.45, 7) is 3.13. The highest BCUT2D eigenvalue weighted by Crippen LogP contribution is 2.49. The quantitative estimate of drug-likeness (QED) is 0.0712. The first-order chi connectivity index (χ1) is 18.8. The van der Waals surface area contributed by atoms with Gasteiger partial charge in [0.15, 0.2) is 0 Å². The van der Waals surface area contributed by atoms with Crippen LogP contribution in [0.25, 0.3) is 0 Å². The van der Waals surface area contributed by atoms with Gasteiger partial charge in [-0.15, -0.1) is 0 Å². The van der Waals surface area contributed by atoms with Gasteiger partial charge in [0.25, 0.3) is 0 Å². The summed E-state index contributed by atoms with van der Waals surface area (Å²) in [5.74, 6) is 1.16. The molecule has 0 radical (unpaired) electrons. The second-order valence-corrected chi connectivity index (χ2v) is 13.7. The predicted octanol–water partition coefficient (Wildman–Crippen LogP) is 5.43. The van der Waals surface area contributed by atoms with Crippen LogP contribution >= 0.6 is 19.4 Å². The number of rotatable bonds is 23. The number of halogens is 1. The Balaban J connectivity index is 1.30. The second kappa shape index (κ2) is 19.7. The van der Waals surface area contributed by atoms with E-state index < -0.39 is 7.68 Å². The van der Waals surface area contributed by atoms with Gasteiger partial charge < -0.3 is 25.8 Å². The number of urea groups is 1. The highest BCUT2D eigenvalue weighted by Gasteiger charge is 2.42. The molecule has 2 fully saturated rings. The van der Waals surface area contributed by atoms with Crippen LogP contribution in [0.4, 0.5) is 8.99 Å². The molecule has 0 aliphatic carbocycles. The normalized spacial score (nSPS) is 21.6. The summed E-state index contributed by atoms with van der Waals surface area (Å²) < 4.78 is 29.4. The van der Waals surface area contributed by atoms with E-state index in [9.17, 15) is 23.1 Å². The van der Waals surface area contributed by atoms with Crippen molar-refractivity contribution >= 4 is 37.3 Å². The fourth-order valence-electron chi connectivity index (χ4n) is 5.06. The van der Waals surface area contributed by atoms with Crippen LogP contribution < -0.4 is 21.3 Å². The Morgan fingerprint density at radius 2 is 1.46 bits per heavy atom. The van der Waals surface area contributed by atoms with E-state index in [0.717, 1.165) is 82.8 Å². The number of carbonyl (C=O) groups is 3. The number of carbonyl (C=O) groups excluding carboxylic acids is 3. The topological polar surface area (TPSA) is 126 Å². The van der Waals surface area contributed by atoms with Crippen molar-refractivity contribution in [3.8, 4) is 0 Å². The molecule has 2 aliphatic rings. The number of thioether (sulfide) groups is 1. The monoisotopic (exact) mass is 592 g/mol. The van der Waals surface area contributed by atoms with Crippen LogP contribution in [0.3, 0.4) is 0 Å². The molecule has 4 amide bonds. The van der Waals surface area contributed by atoms with E-state index in [-0.39, 0.29) is 42.7 Å². The Morgan fingerprint density at radius 3 is 2.10 bits per heavy atom. The number of hydrogen-bond donors (Lipinski definition) is 4. The molecule has 2 saturated heterocycles. The summed E-state index contributed by atoms with van der Waals surface area (Å²) in [5, 5.41) is 12.4. The van der Waals surface area contributed by atoms with E-state index in [0.29, 0.717) is 37.6 Å². The van der Waals surface area contributed by atoms with Gasteiger partial charge in [0, 0.05) is 36.9 Å². The van der Waals surface area contributed by atoms with Crippen molar-refractivity contribution in [2.45, 2.75) is 121 Å². The summed E-state index contributed by atoms with van der Waals surface area (Å²) in [4.78, 5) is 35.4. The molecule has 2 heterocycles. The van der Waals surface area contributed by atoms with E-state index in [1.165, 1.54) is 0 Å². The second-order valence-electron chi connectivity index (χ2n) is 10.6. The van der Waals surface area contributed by atoms with E-state index in [1.54, 1.807) is 6.92 Å². The third-order valence-corrected chi connectivity index (χ3v) is 10.2. The third kappa shape index (κ3) is 15.3. The highest BCUT2D eigenvalue weighted by molar-refractivity contribution is 8.00. The molecule has 2 aliphatic heterocycles. The van der Waals surface area contributed by atoms with Crippen LogP contribution in [0.15, 0.2) is 0 Å². The minimum absolute atomic E-state index is 0.0129. The first-order valence-corrected chi connectivity index (χ1v) is 17.7. The molecule has 0 aromatic carbocycles. The molecule has 0 aromatic heterocycles. The van der Waals surface area contributed by atoms with E-state index in [1.807, 2.05) is 11.8 Å². The van der Waals surface area contributed by atoms with Gasteiger partial charge in [-0.25, -0.2) is 4.79 Å². The minimum Gasteiger partial charge on any atom is -0.356 e. The largest absolute Gasteiger partial charge is 0.367 e. The molecule has 4 N–H and O–H groups in total. The smallest absolute Gasteiger partial charge is 0.356 e. The molecule has 2 rings (SSSR count). The Bertz CT molecular complexity index is 793. The predicted molar refractivity (Wildman–Crippen MR) is 156 cm³/mol. The molecule has 226 valence electrons. The zero-order valence-electron chi connectivity index (χ0n) is 23.6. The summed E-state index contributed by atoms with van der Waals surface area (Å²) >= 11 is 1.91. The number of amides is 4. The zero-order chi connectivity index (χ0) is 28.3. The van der Waals surface area contributed by atoms with E-state index >= 15 is 0 Å². The van der Waals surface area contributed by atoms with Crippen LogP contribution in [0.1, 0.15) is 103 Å². The lowest BCUT2D eigenvalue weighted by molar-refractivity contribution is -0.121. The molecular weight excluding hydrogens is 542 g/mol. The van der Waals surface area contributed by atoms with Gasteiger partial charge in [0.2, 0.25) is 11.8 Å². The zero-order valence-corrected chi connectivity index (χ0v) is 25.4. The number of unbranched alkanes of at least 4 members (excludes halogenated alkanes) is 9. The van der Waals surface area contributed by atoms with Gasteiger partial charge in [-0.1, -0.05) is 38.5 Å². The van der Waals surface area contributed by atoms with Crippen molar-refractivity contribution in [1.29, 1.82) is 0 Å². The van der Waals surface area contributed by atoms with Gasteiger partial charge in [-0.2, -0.15) is 16.0 Å². The van der Waals surface area contributed by atoms with Crippen LogP contribution in [0, 0.1) is 0 Å². The third-order valence-electron chi connectivity index (χ3n) is 7.23. The Labute approximate surface area is 238 Å². The van der Waals surface area contributed by atoms with Gasteiger partial charge >= 0.3 is 13.7 Å². The van der Waals surface area contributed by atoms with Crippen molar-refractivity contribution in [1.82, 2.24) is 21.3 Å². The maximum Gasteiger partial charge on any atom is 0.367 e. The standard InChI is InChI=1S/C27H50FN4O5PS/c1-2-37-38(28,36)20-14-7-5-3-4-6-9-16-24(33)29-18-12-8-13-19-30-25(34)17-11-10-15-23-26-22(21-39-23)31-27(35)32-26/h22-23,26H,2-21H2,1H3,(H,29,33)(H,30,34)(H2,31,32,35)/t22-,23+,26+,38-/m1/s1. The maximum atomic E-state index is 13.4. The lowest BCUT2D eigenvalue weighted by atomic mass is 10.0.